The lowest BCUT2D eigenvalue weighted by atomic mass is 9.88. The van der Waals surface area contributed by atoms with Gasteiger partial charge in [-0.25, -0.2) is 9.97 Å². The van der Waals surface area contributed by atoms with Gasteiger partial charge in [-0.2, -0.15) is 0 Å². The molecule has 2 aromatic rings. The Kier molecular flexibility index (Phi) is 3.97. The molecule has 0 radical (unpaired) electrons. The second-order valence-electron chi connectivity index (χ2n) is 6.61. The summed E-state index contributed by atoms with van der Waals surface area (Å²) in [6.45, 7) is 9.07. The number of ether oxygens (including phenoxy) is 1. The average Bonchev–Trinajstić information content (AvgIpc) is 2.93. The van der Waals surface area contributed by atoms with Crippen molar-refractivity contribution in [3.8, 4) is 0 Å². The number of fused-ring (bicyclic) bond motifs is 3. The van der Waals surface area contributed by atoms with E-state index < -0.39 is 0 Å². The zero-order valence-corrected chi connectivity index (χ0v) is 14.6. The van der Waals surface area contributed by atoms with Crippen molar-refractivity contribution in [3.05, 3.63) is 21.4 Å². The Labute approximate surface area is 134 Å². The van der Waals surface area contributed by atoms with E-state index in [9.17, 15) is 0 Å². The number of hydrogen-bond donors (Lipinski definition) is 0. The molecule has 0 aliphatic heterocycles. The van der Waals surface area contributed by atoms with Gasteiger partial charge in [0, 0.05) is 11.5 Å². The molecule has 0 spiro atoms. The number of halogens is 1. The topological polar surface area (TPSA) is 35.0 Å². The summed E-state index contributed by atoms with van der Waals surface area (Å²) in [4.78, 5) is 11.8. The molecule has 3 nitrogen and oxygen atoms in total. The molecule has 114 valence electrons. The predicted molar refractivity (Wildman–Crippen MR) is 88.3 cm³/mol. The highest BCUT2D eigenvalue weighted by molar-refractivity contribution is 7.19. The minimum absolute atomic E-state index is 0.0625. The number of nitrogens with zero attached hydrogens (tertiary/aromatic N) is 2. The molecule has 21 heavy (non-hydrogen) atoms. The maximum Gasteiger partial charge on any atom is 0.161 e. The molecule has 0 bridgehead atoms. The SMILES string of the molecule is CCOC(c1nc(Cl)c2c3c(sc2n1)CCC3)C(C)(C)C. The van der Waals surface area contributed by atoms with Crippen LogP contribution in [0.25, 0.3) is 10.2 Å². The van der Waals surface area contributed by atoms with Crippen LogP contribution >= 0.6 is 22.9 Å². The quantitative estimate of drug-likeness (QED) is 0.749. The number of hydrogen-bond acceptors (Lipinski definition) is 4. The van der Waals surface area contributed by atoms with Crippen molar-refractivity contribution in [3.63, 3.8) is 0 Å². The van der Waals surface area contributed by atoms with Gasteiger partial charge in [0.2, 0.25) is 0 Å². The molecular weight excluding hydrogens is 304 g/mol. The Hall–Kier alpha value is -0.710. The second kappa shape index (κ2) is 5.49. The van der Waals surface area contributed by atoms with Gasteiger partial charge in [0.1, 0.15) is 16.1 Å². The summed E-state index contributed by atoms with van der Waals surface area (Å²) in [6.07, 6.45) is 3.34. The molecule has 1 atom stereocenters. The van der Waals surface area contributed by atoms with Gasteiger partial charge in [-0.15, -0.1) is 11.3 Å². The van der Waals surface area contributed by atoms with E-state index in [1.54, 1.807) is 11.3 Å². The normalized spacial score (nSPS) is 16.4. The van der Waals surface area contributed by atoms with Crippen molar-refractivity contribution in [2.24, 2.45) is 5.41 Å². The Bertz CT molecular complexity index is 675. The first kappa shape index (κ1) is 15.2. The summed E-state index contributed by atoms with van der Waals surface area (Å²) in [5, 5.41) is 1.66. The standard InChI is InChI=1S/C16H21ClN2OS/c1-5-20-12(16(2,3)4)14-18-13(17)11-9-7-6-8-10(9)21-15(11)19-14/h12H,5-8H2,1-4H3. The largest absolute Gasteiger partial charge is 0.370 e. The van der Waals surface area contributed by atoms with Gasteiger partial charge in [-0.3, -0.25) is 0 Å². The highest BCUT2D eigenvalue weighted by Crippen LogP contribution is 2.41. The Morgan fingerprint density at radius 1 is 1.29 bits per heavy atom. The minimum Gasteiger partial charge on any atom is -0.370 e. The Morgan fingerprint density at radius 2 is 2.05 bits per heavy atom. The van der Waals surface area contributed by atoms with E-state index in [1.165, 1.54) is 16.9 Å². The van der Waals surface area contributed by atoms with Crippen molar-refractivity contribution < 1.29 is 4.74 Å². The van der Waals surface area contributed by atoms with Crippen LogP contribution in [0.4, 0.5) is 0 Å². The third-order valence-corrected chi connectivity index (χ3v) is 5.35. The summed E-state index contributed by atoms with van der Waals surface area (Å²) >= 11 is 8.25. The van der Waals surface area contributed by atoms with Crippen LogP contribution in [0.5, 0.6) is 0 Å². The molecule has 1 aliphatic rings. The van der Waals surface area contributed by atoms with Gasteiger partial charge in [-0.1, -0.05) is 32.4 Å². The molecule has 3 rings (SSSR count). The number of aromatic nitrogens is 2. The van der Waals surface area contributed by atoms with Crippen LogP contribution in [0.3, 0.4) is 0 Å². The van der Waals surface area contributed by atoms with Gasteiger partial charge in [0.05, 0.1) is 5.39 Å². The fraction of sp³-hybridized carbons (Fsp3) is 0.625. The van der Waals surface area contributed by atoms with Crippen molar-refractivity contribution in [1.82, 2.24) is 9.97 Å². The third kappa shape index (κ3) is 2.69. The number of thiophene rings is 1. The van der Waals surface area contributed by atoms with E-state index in [4.69, 9.17) is 21.3 Å². The van der Waals surface area contributed by atoms with Crippen LogP contribution in [0, 0.1) is 5.41 Å². The lowest BCUT2D eigenvalue weighted by molar-refractivity contribution is -0.0188. The summed E-state index contributed by atoms with van der Waals surface area (Å²) in [7, 11) is 0. The molecule has 0 N–H and O–H groups in total. The number of rotatable bonds is 3. The monoisotopic (exact) mass is 324 g/mol. The van der Waals surface area contributed by atoms with Crippen molar-refractivity contribution in [2.45, 2.75) is 53.1 Å². The summed E-state index contributed by atoms with van der Waals surface area (Å²) in [6, 6.07) is 0. The van der Waals surface area contributed by atoms with E-state index in [0.717, 1.165) is 23.1 Å². The highest BCUT2D eigenvalue weighted by Gasteiger charge is 2.31. The van der Waals surface area contributed by atoms with Crippen LogP contribution in [0.1, 0.15) is 56.5 Å². The van der Waals surface area contributed by atoms with Crippen molar-refractivity contribution in [2.75, 3.05) is 6.61 Å². The van der Waals surface area contributed by atoms with Crippen molar-refractivity contribution in [1.29, 1.82) is 0 Å². The van der Waals surface area contributed by atoms with E-state index >= 15 is 0 Å². The zero-order valence-electron chi connectivity index (χ0n) is 13.0. The van der Waals surface area contributed by atoms with Crippen LogP contribution in [-0.2, 0) is 17.6 Å². The first-order chi connectivity index (χ1) is 9.91. The van der Waals surface area contributed by atoms with Gasteiger partial charge in [0.25, 0.3) is 0 Å². The summed E-state index contributed by atoms with van der Waals surface area (Å²) < 4.78 is 5.89. The fourth-order valence-electron chi connectivity index (χ4n) is 2.96. The van der Waals surface area contributed by atoms with Gasteiger partial charge >= 0.3 is 0 Å². The highest BCUT2D eigenvalue weighted by atomic mass is 35.5. The zero-order chi connectivity index (χ0) is 15.2. The minimum atomic E-state index is -0.138. The molecule has 0 saturated heterocycles. The van der Waals surface area contributed by atoms with Crippen LogP contribution in [-0.4, -0.2) is 16.6 Å². The Morgan fingerprint density at radius 3 is 2.71 bits per heavy atom. The van der Waals surface area contributed by atoms with Crippen LogP contribution in [0.2, 0.25) is 5.15 Å². The van der Waals surface area contributed by atoms with Gasteiger partial charge in [0.15, 0.2) is 5.82 Å². The first-order valence-corrected chi connectivity index (χ1v) is 8.70. The first-order valence-electron chi connectivity index (χ1n) is 7.51. The lowest BCUT2D eigenvalue weighted by Gasteiger charge is -2.29. The van der Waals surface area contributed by atoms with Crippen LogP contribution < -0.4 is 0 Å². The molecule has 0 aromatic carbocycles. The molecule has 0 amide bonds. The van der Waals surface area contributed by atoms with E-state index in [2.05, 4.69) is 25.8 Å². The van der Waals surface area contributed by atoms with Gasteiger partial charge < -0.3 is 4.74 Å². The molecule has 0 fully saturated rings. The average molecular weight is 325 g/mol. The van der Waals surface area contributed by atoms with E-state index in [-0.39, 0.29) is 11.5 Å². The summed E-state index contributed by atoms with van der Waals surface area (Å²) in [5.74, 6) is 0.710. The molecule has 2 heterocycles. The van der Waals surface area contributed by atoms with Gasteiger partial charge in [-0.05, 0) is 37.2 Å². The molecular formula is C16H21ClN2OS. The summed E-state index contributed by atoms with van der Waals surface area (Å²) in [5.41, 5.74) is 1.31. The number of aryl methyl sites for hydroxylation is 2. The molecule has 2 aromatic heterocycles. The third-order valence-electron chi connectivity index (χ3n) is 3.89. The smallest absolute Gasteiger partial charge is 0.161 e. The molecule has 5 heteroatoms. The molecule has 0 saturated carbocycles. The van der Waals surface area contributed by atoms with E-state index in [0.29, 0.717) is 17.6 Å². The van der Waals surface area contributed by atoms with Crippen LogP contribution in [0.15, 0.2) is 0 Å². The molecule has 1 unspecified atom stereocenters. The Balaban J connectivity index is 2.12. The predicted octanol–water partition coefficient (Wildman–Crippen LogP) is 4.96. The maximum atomic E-state index is 6.48. The molecule has 1 aliphatic carbocycles. The second-order valence-corrected chi connectivity index (χ2v) is 8.05. The maximum absolute atomic E-state index is 6.48. The van der Waals surface area contributed by atoms with E-state index in [1.807, 2.05) is 6.92 Å². The van der Waals surface area contributed by atoms with Crippen molar-refractivity contribution >= 4 is 33.2 Å². The lowest BCUT2D eigenvalue weighted by Crippen LogP contribution is -2.23. The fourth-order valence-corrected chi connectivity index (χ4v) is 4.58.